The molecule has 1 aromatic carbocycles. The summed E-state index contributed by atoms with van der Waals surface area (Å²) in [5.41, 5.74) is 2.91. The number of amides is 1. The van der Waals surface area contributed by atoms with Crippen LogP contribution in [0.4, 0.5) is 5.13 Å². The molecule has 4 rings (SSSR count). The van der Waals surface area contributed by atoms with Crippen LogP contribution in [-0.2, 0) is 29.3 Å². The second-order valence-corrected chi connectivity index (χ2v) is 10.4. The number of anilines is 1. The number of thiophene rings is 1. The molecule has 3 N–H and O–H groups in total. The Labute approximate surface area is 171 Å². The molecule has 0 aliphatic heterocycles. The molecule has 0 radical (unpaired) electrons. The summed E-state index contributed by atoms with van der Waals surface area (Å²) >= 11 is 3.09. The highest BCUT2D eigenvalue weighted by Crippen LogP contribution is 2.31. The van der Waals surface area contributed by atoms with E-state index in [1.165, 1.54) is 40.3 Å². The monoisotopic (exact) mass is 433 g/mol. The van der Waals surface area contributed by atoms with E-state index < -0.39 is 10.0 Å². The molecule has 0 unspecified atom stereocenters. The van der Waals surface area contributed by atoms with Crippen LogP contribution in [-0.4, -0.2) is 19.3 Å². The van der Waals surface area contributed by atoms with Crippen LogP contribution in [0.15, 0.2) is 40.7 Å². The van der Waals surface area contributed by atoms with Gasteiger partial charge >= 0.3 is 0 Å². The van der Waals surface area contributed by atoms with Crippen LogP contribution in [0.1, 0.15) is 44.1 Å². The first-order valence-corrected chi connectivity index (χ1v) is 12.1. The maximum absolute atomic E-state index is 12.6. The largest absolute Gasteiger partial charge is 0.298 e. The van der Waals surface area contributed by atoms with Crippen molar-refractivity contribution in [3.63, 3.8) is 0 Å². The summed E-state index contributed by atoms with van der Waals surface area (Å²) in [7, 11) is -3.69. The van der Waals surface area contributed by atoms with Crippen molar-refractivity contribution in [2.24, 2.45) is 5.14 Å². The molecule has 1 aliphatic rings. The van der Waals surface area contributed by atoms with Crippen molar-refractivity contribution in [1.82, 2.24) is 4.98 Å². The number of nitrogens with two attached hydrogens (primary N) is 1. The lowest BCUT2D eigenvalue weighted by atomic mass is 9.96. The third kappa shape index (κ3) is 4.17. The molecule has 146 valence electrons. The molecule has 6 nitrogen and oxygen atoms in total. The Morgan fingerprint density at radius 3 is 2.68 bits per heavy atom. The number of benzene rings is 1. The average Bonchev–Trinajstić information content (AvgIpc) is 3.28. The van der Waals surface area contributed by atoms with E-state index in [-0.39, 0.29) is 10.8 Å². The molecule has 0 fully saturated rings. The number of hydrogen-bond donors (Lipinski definition) is 2. The van der Waals surface area contributed by atoms with E-state index in [4.69, 9.17) is 5.14 Å². The molecule has 0 atom stereocenters. The zero-order valence-electron chi connectivity index (χ0n) is 15.0. The predicted molar refractivity (Wildman–Crippen MR) is 112 cm³/mol. The Balaban J connectivity index is 1.43. The van der Waals surface area contributed by atoms with Crippen LogP contribution < -0.4 is 10.5 Å². The van der Waals surface area contributed by atoms with E-state index in [0.29, 0.717) is 11.6 Å². The Morgan fingerprint density at radius 1 is 1.18 bits per heavy atom. The van der Waals surface area contributed by atoms with Gasteiger partial charge in [0.2, 0.25) is 10.0 Å². The lowest BCUT2D eigenvalue weighted by Gasteiger charge is -2.12. The Hall–Kier alpha value is -2.07. The molecule has 3 aromatic rings. The third-order valence-corrected chi connectivity index (χ3v) is 7.64. The minimum absolute atomic E-state index is 0.0904. The van der Waals surface area contributed by atoms with E-state index >= 15 is 0 Å². The fourth-order valence-corrected chi connectivity index (χ4v) is 5.78. The third-order valence-electron chi connectivity index (χ3n) is 4.71. The molecular weight excluding hydrogens is 414 g/mol. The van der Waals surface area contributed by atoms with Crippen LogP contribution in [0.2, 0.25) is 0 Å². The molecule has 1 aliphatic carbocycles. The number of carbonyl (C=O) groups excluding carboxylic acids is 1. The fraction of sp³-hybridized carbons (Fsp3) is 0.263. The summed E-state index contributed by atoms with van der Waals surface area (Å²) < 4.78 is 22.7. The molecular formula is C19H19N3O3S3. The van der Waals surface area contributed by atoms with Crippen molar-refractivity contribution in [3.8, 4) is 0 Å². The number of fused-ring (bicyclic) bond motifs is 1. The predicted octanol–water partition coefficient (Wildman–Crippen LogP) is 3.57. The SMILES string of the molecule is NS(=O)(=O)c1ccc(Cc2cnc(NC(=O)c3csc4c3CCCC4)s2)cc1. The Morgan fingerprint density at radius 2 is 1.93 bits per heavy atom. The van der Waals surface area contributed by atoms with E-state index in [1.54, 1.807) is 29.7 Å². The van der Waals surface area contributed by atoms with Crippen LogP contribution in [0.3, 0.4) is 0 Å². The molecule has 0 bridgehead atoms. The number of primary sulfonamides is 1. The van der Waals surface area contributed by atoms with Gasteiger partial charge in [-0.1, -0.05) is 12.1 Å². The van der Waals surface area contributed by atoms with E-state index in [9.17, 15) is 13.2 Å². The standard InChI is InChI=1S/C19H19N3O3S3/c20-28(24,25)14-7-5-12(6-8-14)9-13-10-21-19(27-13)22-18(23)16-11-26-17-4-2-1-3-15(16)17/h5-8,10-11H,1-4,9H2,(H2,20,24,25)(H,21,22,23). The van der Waals surface area contributed by atoms with E-state index in [2.05, 4.69) is 10.3 Å². The normalized spacial score (nSPS) is 13.9. The van der Waals surface area contributed by atoms with E-state index in [0.717, 1.165) is 35.3 Å². The number of nitrogens with one attached hydrogen (secondary N) is 1. The van der Waals surface area contributed by atoms with Crippen molar-refractivity contribution in [2.45, 2.75) is 37.0 Å². The molecule has 0 saturated heterocycles. The van der Waals surface area contributed by atoms with Crippen molar-refractivity contribution in [1.29, 1.82) is 0 Å². The lowest BCUT2D eigenvalue weighted by Crippen LogP contribution is -2.14. The molecule has 2 heterocycles. The highest BCUT2D eigenvalue weighted by molar-refractivity contribution is 7.89. The number of nitrogens with zero attached hydrogens (tertiary/aromatic N) is 1. The summed E-state index contributed by atoms with van der Waals surface area (Å²) in [6.45, 7) is 0. The second-order valence-electron chi connectivity index (χ2n) is 6.71. The van der Waals surface area contributed by atoms with Gasteiger partial charge in [0.1, 0.15) is 0 Å². The van der Waals surface area contributed by atoms with Gasteiger partial charge in [-0.25, -0.2) is 18.5 Å². The van der Waals surface area contributed by atoms with Crippen LogP contribution in [0.5, 0.6) is 0 Å². The van der Waals surface area contributed by atoms with Gasteiger partial charge in [0.05, 0.1) is 10.5 Å². The summed E-state index contributed by atoms with van der Waals surface area (Å²) in [5.74, 6) is -0.0993. The van der Waals surface area contributed by atoms with Crippen LogP contribution in [0.25, 0.3) is 0 Å². The Bertz CT molecular complexity index is 1120. The minimum atomic E-state index is -3.69. The quantitative estimate of drug-likeness (QED) is 0.642. The van der Waals surface area contributed by atoms with Gasteiger partial charge in [0.15, 0.2) is 5.13 Å². The van der Waals surface area contributed by atoms with Gasteiger partial charge in [-0.2, -0.15) is 0 Å². The van der Waals surface area contributed by atoms with Gasteiger partial charge in [-0.3, -0.25) is 10.1 Å². The van der Waals surface area contributed by atoms with Gasteiger partial charge in [-0.15, -0.1) is 22.7 Å². The number of rotatable bonds is 5. The summed E-state index contributed by atoms with van der Waals surface area (Å²) in [6, 6.07) is 6.45. The summed E-state index contributed by atoms with van der Waals surface area (Å²) in [5, 5.41) is 10.5. The number of aryl methyl sites for hydroxylation is 1. The van der Waals surface area contributed by atoms with Crippen molar-refractivity contribution in [3.05, 3.63) is 62.3 Å². The van der Waals surface area contributed by atoms with Crippen molar-refractivity contribution >= 4 is 43.7 Å². The van der Waals surface area contributed by atoms with Gasteiger partial charge in [0.25, 0.3) is 5.91 Å². The molecule has 28 heavy (non-hydrogen) atoms. The van der Waals surface area contributed by atoms with Crippen molar-refractivity contribution in [2.75, 3.05) is 5.32 Å². The molecule has 2 aromatic heterocycles. The minimum Gasteiger partial charge on any atom is -0.298 e. The number of sulfonamides is 1. The van der Waals surface area contributed by atoms with Crippen molar-refractivity contribution < 1.29 is 13.2 Å². The topological polar surface area (TPSA) is 102 Å². The van der Waals surface area contributed by atoms with E-state index in [1.807, 2.05) is 5.38 Å². The Kier molecular flexibility index (Phi) is 5.33. The first kappa shape index (κ1) is 19.3. The maximum atomic E-state index is 12.6. The highest BCUT2D eigenvalue weighted by atomic mass is 32.2. The molecule has 0 saturated carbocycles. The van der Waals surface area contributed by atoms with Gasteiger partial charge < -0.3 is 0 Å². The second kappa shape index (κ2) is 7.75. The number of carbonyl (C=O) groups is 1. The molecule has 0 spiro atoms. The smallest absolute Gasteiger partial charge is 0.258 e. The summed E-state index contributed by atoms with van der Waals surface area (Å²) in [6.07, 6.45) is 6.71. The van der Waals surface area contributed by atoms with Gasteiger partial charge in [0, 0.05) is 27.8 Å². The molecule has 1 amide bonds. The van der Waals surface area contributed by atoms with Crippen LogP contribution in [0, 0.1) is 0 Å². The molecule has 9 heteroatoms. The zero-order valence-corrected chi connectivity index (χ0v) is 17.4. The number of hydrogen-bond acceptors (Lipinski definition) is 6. The lowest BCUT2D eigenvalue weighted by molar-refractivity contribution is 0.102. The first-order valence-electron chi connectivity index (χ1n) is 8.87. The van der Waals surface area contributed by atoms with Gasteiger partial charge in [-0.05, 0) is 48.9 Å². The zero-order chi connectivity index (χ0) is 19.7. The summed E-state index contributed by atoms with van der Waals surface area (Å²) in [4.78, 5) is 19.3. The highest BCUT2D eigenvalue weighted by Gasteiger charge is 2.20. The first-order chi connectivity index (χ1) is 13.4. The fourth-order valence-electron chi connectivity index (χ4n) is 3.29. The number of aromatic nitrogens is 1. The van der Waals surface area contributed by atoms with Crippen LogP contribution >= 0.6 is 22.7 Å². The number of thiazole rings is 1. The average molecular weight is 434 g/mol. The maximum Gasteiger partial charge on any atom is 0.258 e.